The van der Waals surface area contributed by atoms with Gasteiger partial charge >= 0.3 is 0 Å². The summed E-state index contributed by atoms with van der Waals surface area (Å²) in [7, 11) is 0. The van der Waals surface area contributed by atoms with Crippen molar-refractivity contribution in [3.8, 4) is 0 Å². The molecule has 21 heavy (non-hydrogen) atoms. The molecule has 0 saturated carbocycles. The Morgan fingerprint density at radius 3 is 2.33 bits per heavy atom. The van der Waals surface area contributed by atoms with Gasteiger partial charge in [-0.05, 0) is 39.5 Å². The Morgan fingerprint density at radius 1 is 1.14 bits per heavy atom. The van der Waals surface area contributed by atoms with Crippen LogP contribution in [0.4, 0.5) is 11.4 Å². The molecule has 4 nitrogen and oxygen atoms in total. The molecule has 0 aliphatic heterocycles. The second kappa shape index (κ2) is 6.72. The van der Waals surface area contributed by atoms with E-state index < -0.39 is 4.92 Å². The lowest BCUT2D eigenvalue weighted by Gasteiger charge is -2.24. The number of anilines is 1. The van der Waals surface area contributed by atoms with Gasteiger partial charge in [-0.1, -0.05) is 44.2 Å². The highest BCUT2D eigenvalue weighted by molar-refractivity contribution is 9.10. The van der Waals surface area contributed by atoms with E-state index in [1.165, 1.54) is 11.6 Å². The van der Waals surface area contributed by atoms with E-state index in [1.807, 2.05) is 18.2 Å². The molecule has 2 aromatic rings. The monoisotopic (exact) mass is 348 g/mol. The van der Waals surface area contributed by atoms with Crippen molar-refractivity contribution < 1.29 is 4.92 Å². The number of nitrogens with zero attached hydrogens (tertiary/aromatic N) is 1. The maximum absolute atomic E-state index is 10.8. The average Bonchev–Trinajstić information content (AvgIpc) is 2.45. The number of nitrogens with one attached hydrogen (secondary N) is 1. The average molecular weight is 349 g/mol. The molecule has 0 amide bonds. The summed E-state index contributed by atoms with van der Waals surface area (Å²) < 4.78 is 0.480. The summed E-state index contributed by atoms with van der Waals surface area (Å²) >= 11 is 3.25. The summed E-state index contributed by atoms with van der Waals surface area (Å²) in [5.41, 5.74) is 2.12. The van der Waals surface area contributed by atoms with Crippen LogP contribution in [0.15, 0.2) is 53.0 Å². The lowest BCUT2D eigenvalue weighted by atomic mass is 9.96. The highest BCUT2D eigenvalue weighted by atomic mass is 79.9. The van der Waals surface area contributed by atoms with Crippen molar-refractivity contribution >= 4 is 27.3 Å². The zero-order valence-corrected chi connectivity index (χ0v) is 13.5. The van der Waals surface area contributed by atoms with Crippen LogP contribution in [-0.4, -0.2) is 4.92 Å². The number of hydrogen-bond acceptors (Lipinski definition) is 3. The minimum absolute atomic E-state index is 0.0707. The number of nitro groups is 1. The van der Waals surface area contributed by atoms with Crippen LogP contribution in [0.25, 0.3) is 0 Å². The molecule has 2 rings (SSSR count). The minimum atomic E-state index is -0.398. The van der Waals surface area contributed by atoms with Gasteiger partial charge in [0, 0.05) is 11.8 Å². The van der Waals surface area contributed by atoms with Crippen molar-refractivity contribution in [2.24, 2.45) is 5.92 Å². The van der Waals surface area contributed by atoms with Gasteiger partial charge in [0.25, 0.3) is 5.69 Å². The summed E-state index contributed by atoms with van der Waals surface area (Å²) in [5.74, 6) is 0.390. The van der Waals surface area contributed by atoms with Gasteiger partial charge in [-0.15, -0.1) is 0 Å². The Hall–Kier alpha value is -1.88. The van der Waals surface area contributed by atoms with Crippen molar-refractivity contribution in [3.05, 3.63) is 68.7 Å². The van der Waals surface area contributed by atoms with Gasteiger partial charge in [0.1, 0.15) is 0 Å². The molecule has 5 heteroatoms. The van der Waals surface area contributed by atoms with Gasteiger partial charge in [0.2, 0.25) is 0 Å². The zero-order valence-electron chi connectivity index (χ0n) is 11.9. The first-order valence-corrected chi connectivity index (χ1v) is 7.53. The van der Waals surface area contributed by atoms with Crippen LogP contribution < -0.4 is 5.32 Å². The van der Waals surface area contributed by atoms with Crippen LogP contribution in [0.1, 0.15) is 25.5 Å². The molecule has 0 saturated heterocycles. The number of benzene rings is 2. The fourth-order valence-corrected chi connectivity index (χ4v) is 2.74. The van der Waals surface area contributed by atoms with Crippen molar-refractivity contribution in [3.63, 3.8) is 0 Å². The Labute approximate surface area is 132 Å². The third-order valence-corrected chi connectivity index (χ3v) is 3.93. The van der Waals surface area contributed by atoms with Gasteiger partial charge in [-0.25, -0.2) is 0 Å². The molecule has 0 bridgehead atoms. The molecular formula is C16H17BrN2O2. The Balaban J connectivity index is 2.26. The molecule has 0 spiro atoms. The van der Waals surface area contributed by atoms with E-state index in [0.717, 1.165) is 5.69 Å². The maximum atomic E-state index is 10.8. The maximum Gasteiger partial charge on any atom is 0.283 e. The van der Waals surface area contributed by atoms with Gasteiger partial charge in [-0.3, -0.25) is 10.1 Å². The van der Waals surface area contributed by atoms with Crippen molar-refractivity contribution in [1.82, 2.24) is 0 Å². The summed E-state index contributed by atoms with van der Waals surface area (Å²) in [4.78, 5) is 10.4. The molecule has 0 aromatic heterocycles. The van der Waals surface area contributed by atoms with Gasteiger partial charge in [0.15, 0.2) is 0 Å². The van der Waals surface area contributed by atoms with Gasteiger partial charge in [0.05, 0.1) is 15.4 Å². The van der Waals surface area contributed by atoms with E-state index in [1.54, 1.807) is 12.1 Å². The normalized spacial score (nSPS) is 12.2. The van der Waals surface area contributed by atoms with E-state index in [2.05, 4.69) is 47.2 Å². The third kappa shape index (κ3) is 3.82. The largest absolute Gasteiger partial charge is 0.378 e. The van der Waals surface area contributed by atoms with Crippen LogP contribution in [0.2, 0.25) is 0 Å². The van der Waals surface area contributed by atoms with Crippen LogP contribution in [0.3, 0.4) is 0 Å². The molecule has 110 valence electrons. The second-order valence-corrected chi connectivity index (χ2v) is 6.05. The molecular weight excluding hydrogens is 332 g/mol. The topological polar surface area (TPSA) is 55.2 Å². The quantitative estimate of drug-likeness (QED) is 0.599. The van der Waals surface area contributed by atoms with E-state index >= 15 is 0 Å². The van der Waals surface area contributed by atoms with E-state index in [0.29, 0.717) is 10.4 Å². The SMILES string of the molecule is CC(C)C(Nc1ccc([N+](=O)[O-])c(Br)c1)c1ccccc1. The summed E-state index contributed by atoms with van der Waals surface area (Å²) in [6, 6.07) is 15.3. The van der Waals surface area contributed by atoms with Crippen molar-refractivity contribution in [1.29, 1.82) is 0 Å². The van der Waals surface area contributed by atoms with Crippen LogP contribution in [-0.2, 0) is 0 Å². The summed E-state index contributed by atoms with van der Waals surface area (Å²) in [6.07, 6.45) is 0. The van der Waals surface area contributed by atoms with E-state index in [-0.39, 0.29) is 11.7 Å². The minimum Gasteiger partial charge on any atom is -0.378 e. The second-order valence-electron chi connectivity index (χ2n) is 5.20. The molecule has 1 atom stereocenters. The number of nitro benzene ring substituents is 1. The first-order chi connectivity index (χ1) is 9.99. The van der Waals surface area contributed by atoms with Crippen molar-refractivity contribution in [2.75, 3.05) is 5.32 Å². The molecule has 0 fully saturated rings. The lowest BCUT2D eigenvalue weighted by Crippen LogP contribution is -2.16. The molecule has 0 radical (unpaired) electrons. The highest BCUT2D eigenvalue weighted by Gasteiger charge is 2.17. The number of halogens is 1. The zero-order chi connectivity index (χ0) is 15.4. The van der Waals surface area contributed by atoms with Crippen LogP contribution in [0, 0.1) is 16.0 Å². The fourth-order valence-electron chi connectivity index (χ4n) is 2.22. The van der Waals surface area contributed by atoms with Crippen molar-refractivity contribution in [2.45, 2.75) is 19.9 Å². The van der Waals surface area contributed by atoms with Crippen LogP contribution in [0.5, 0.6) is 0 Å². The molecule has 0 heterocycles. The molecule has 0 aliphatic carbocycles. The molecule has 0 aliphatic rings. The first kappa shape index (κ1) is 15.5. The van der Waals surface area contributed by atoms with Gasteiger partial charge in [-0.2, -0.15) is 0 Å². The molecule has 2 aromatic carbocycles. The number of rotatable bonds is 5. The Kier molecular flexibility index (Phi) is 4.96. The van der Waals surface area contributed by atoms with Gasteiger partial charge < -0.3 is 5.32 Å². The predicted octanol–water partition coefficient (Wildman–Crippen LogP) is 5.17. The van der Waals surface area contributed by atoms with E-state index in [9.17, 15) is 10.1 Å². The lowest BCUT2D eigenvalue weighted by molar-refractivity contribution is -0.385. The predicted molar refractivity (Wildman–Crippen MR) is 88.4 cm³/mol. The smallest absolute Gasteiger partial charge is 0.283 e. The van der Waals surface area contributed by atoms with Crippen LogP contribution >= 0.6 is 15.9 Å². The fraction of sp³-hybridized carbons (Fsp3) is 0.250. The Morgan fingerprint density at radius 2 is 1.81 bits per heavy atom. The summed E-state index contributed by atoms with van der Waals surface area (Å²) in [6.45, 7) is 4.29. The number of hydrogen-bond donors (Lipinski definition) is 1. The third-order valence-electron chi connectivity index (χ3n) is 3.29. The Bertz CT molecular complexity index is 629. The first-order valence-electron chi connectivity index (χ1n) is 6.74. The standard InChI is InChI=1S/C16H17BrN2O2/c1-11(2)16(12-6-4-3-5-7-12)18-13-8-9-15(19(20)21)14(17)10-13/h3-11,16,18H,1-2H3. The highest BCUT2D eigenvalue weighted by Crippen LogP contribution is 2.31. The molecule has 1 unspecified atom stereocenters. The van der Waals surface area contributed by atoms with E-state index in [4.69, 9.17) is 0 Å². The summed E-state index contributed by atoms with van der Waals surface area (Å²) in [5, 5.41) is 14.3. The molecule has 1 N–H and O–H groups in total.